The fourth-order valence-electron chi connectivity index (χ4n) is 2.32. The average Bonchev–Trinajstić information content (AvgIpc) is 3.23. The first-order chi connectivity index (χ1) is 11.2. The van der Waals surface area contributed by atoms with Crippen molar-refractivity contribution in [2.75, 3.05) is 13.2 Å². The van der Waals surface area contributed by atoms with Crippen LogP contribution in [-0.4, -0.2) is 30.0 Å². The van der Waals surface area contributed by atoms with Crippen LogP contribution in [0.5, 0.6) is 0 Å². The Morgan fingerprint density at radius 1 is 1.17 bits per heavy atom. The van der Waals surface area contributed by atoms with Gasteiger partial charge in [-0.1, -0.05) is 18.2 Å². The highest BCUT2D eigenvalue weighted by molar-refractivity contribution is 5.88. The maximum Gasteiger partial charge on any atom is 0.374 e. The molecule has 0 aliphatic carbocycles. The molecule has 23 heavy (non-hydrogen) atoms. The van der Waals surface area contributed by atoms with Gasteiger partial charge in [0.25, 0.3) is 5.91 Å². The van der Waals surface area contributed by atoms with Gasteiger partial charge in [0.1, 0.15) is 0 Å². The summed E-state index contributed by atoms with van der Waals surface area (Å²) in [6, 6.07) is 11.1. The minimum Gasteiger partial charge on any atom is -0.457 e. The normalized spacial score (nSPS) is 10.6. The monoisotopic (exact) mass is 312 g/mol. The van der Waals surface area contributed by atoms with Crippen molar-refractivity contribution in [1.29, 1.82) is 0 Å². The number of amides is 1. The Kier molecular flexibility index (Phi) is 4.42. The molecule has 0 aliphatic heterocycles. The van der Waals surface area contributed by atoms with E-state index >= 15 is 0 Å². The maximum absolute atomic E-state index is 11.7. The van der Waals surface area contributed by atoms with E-state index in [9.17, 15) is 9.59 Å². The lowest BCUT2D eigenvalue weighted by Crippen LogP contribution is -2.30. The van der Waals surface area contributed by atoms with Crippen molar-refractivity contribution in [3.63, 3.8) is 0 Å². The van der Waals surface area contributed by atoms with Crippen LogP contribution < -0.4 is 5.32 Å². The van der Waals surface area contributed by atoms with Gasteiger partial charge in [-0.15, -0.1) is 0 Å². The number of nitrogens with one attached hydrogen (secondary N) is 2. The molecular formula is C17H16N2O4. The molecule has 0 atom stereocenters. The molecule has 6 heteroatoms. The third-order valence-electron chi connectivity index (χ3n) is 3.45. The topological polar surface area (TPSA) is 84.3 Å². The number of ether oxygens (including phenoxy) is 1. The zero-order chi connectivity index (χ0) is 16.1. The number of hydrogen-bond donors (Lipinski definition) is 2. The summed E-state index contributed by atoms with van der Waals surface area (Å²) in [6.45, 7) is 0.145. The molecule has 0 unspecified atom stereocenters. The summed E-state index contributed by atoms with van der Waals surface area (Å²) in [5.74, 6) is -0.914. The van der Waals surface area contributed by atoms with E-state index in [0.29, 0.717) is 13.0 Å². The van der Waals surface area contributed by atoms with Gasteiger partial charge in [0, 0.05) is 23.6 Å². The molecule has 1 aromatic carbocycles. The molecule has 118 valence electrons. The standard InChI is InChI=1S/C17H16N2O4/c20-16(11-23-17(21)15-6-3-9-22-15)18-8-7-12-10-19-14-5-2-1-4-13(12)14/h1-6,9-10,19H,7-8,11H2,(H,18,20). The summed E-state index contributed by atoms with van der Waals surface area (Å²) >= 11 is 0. The van der Waals surface area contributed by atoms with Gasteiger partial charge in [0.05, 0.1) is 6.26 Å². The molecule has 0 saturated heterocycles. The summed E-state index contributed by atoms with van der Waals surface area (Å²) in [5.41, 5.74) is 2.20. The molecular weight excluding hydrogens is 296 g/mol. The van der Waals surface area contributed by atoms with E-state index in [2.05, 4.69) is 10.3 Å². The van der Waals surface area contributed by atoms with Crippen LogP contribution >= 0.6 is 0 Å². The Morgan fingerprint density at radius 3 is 2.87 bits per heavy atom. The van der Waals surface area contributed by atoms with E-state index in [4.69, 9.17) is 9.15 Å². The van der Waals surface area contributed by atoms with E-state index in [1.807, 2.05) is 30.5 Å². The van der Waals surface area contributed by atoms with Gasteiger partial charge in [-0.05, 0) is 30.2 Å². The molecule has 0 saturated carbocycles. The molecule has 2 aromatic heterocycles. The van der Waals surface area contributed by atoms with E-state index in [0.717, 1.165) is 16.5 Å². The van der Waals surface area contributed by atoms with Crippen LogP contribution in [0, 0.1) is 0 Å². The van der Waals surface area contributed by atoms with Crippen molar-refractivity contribution in [2.24, 2.45) is 0 Å². The lowest BCUT2D eigenvalue weighted by Gasteiger charge is -2.05. The highest BCUT2D eigenvalue weighted by atomic mass is 16.5. The Labute approximate surface area is 132 Å². The number of H-pyrrole nitrogens is 1. The number of hydrogen-bond acceptors (Lipinski definition) is 4. The number of fused-ring (bicyclic) bond motifs is 1. The number of rotatable bonds is 6. The van der Waals surface area contributed by atoms with Crippen molar-refractivity contribution in [3.8, 4) is 0 Å². The third kappa shape index (κ3) is 3.60. The second-order valence-corrected chi connectivity index (χ2v) is 5.01. The predicted molar refractivity (Wildman–Crippen MR) is 84.0 cm³/mol. The third-order valence-corrected chi connectivity index (χ3v) is 3.45. The fourth-order valence-corrected chi connectivity index (χ4v) is 2.32. The van der Waals surface area contributed by atoms with Crippen LogP contribution in [0.1, 0.15) is 16.1 Å². The van der Waals surface area contributed by atoms with Gasteiger partial charge < -0.3 is 19.5 Å². The highest BCUT2D eigenvalue weighted by Crippen LogP contribution is 2.17. The largest absolute Gasteiger partial charge is 0.457 e. The van der Waals surface area contributed by atoms with Crippen LogP contribution in [0.4, 0.5) is 0 Å². The predicted octanol–water partition coefficient (Wildman–Crippen LogP) is 2.28. The number of para-hydroxylation sites is 1. The highest BCUT2D eigenvalue weighted by Gasteiger charge is 2.12. The minimum absolute atomic E-state index is 0.0802. The summed E-state index contributed by atoms with van der Waals surface area (Å²) in [7, 11) is 0. The van der Waals surface area contributed by atoms with Crippen LogP contribution in [0.25, 0.3) is 10.9 Å². The Bertz CT molecular complexity index is 805. The molecule has 0 aliphatic rings. The molecule has 3 rings (SSSR count). The molecule has 3 aromatic rings. The van der Waals surface area contributed by atoms with E-state index in [1.54, 1.807) is 6.07 Å². The van der Waals surface area contributed by atoms with Crippen molar-refractivity contribution < 1.29 is 18.7 Å². The van der Waals surface area contributed by atoms with Crippen molar-refractivity contribution in [2.45, 2.75) is 6.42 Å². The average molecular weight is 312 g/mol. The van der Waals surface area contributed by atoms with E-state index in [-0.39, 0.29) is 18.3 Å². The number of aromatic nitrogens is 1. The molecule has 0 bridgehead atoms. The second-order valence-electron chi connectivity index (χ2n) is 5.01. The van der Waals surface area contributed by atoms with Gasteiger partial charge in [0.2, 0.25) is 5.76 Å². The quantitative estimate of drug-likeness (QED) is 0.684. The van der Waals surface area contributed by atoms with Gasteiger partial charge >= 0.3 is 5.97 Å². The number of carbonyl (C=O) groups is 2. The summed E-state index contributed by atoms with van der Waals surface area (Å²) in [5, 5.41) is 3.87. The van der Waals surface area contributed by atoms with E-state index < -0.39 is 5.97 Å². The lowest BCUT2D eigenvalue weighted by molar-refractivity contribution is -0.124. The summed E-state index contributed by atoms with van der Waals surface area (Å²) < 4.78 is 9.74. The first kappa shape index (κ1) is 14.9. The van der Waals surface area contributed by atoms with Crippen molar-refractivity contribution >= 4 is 22.8 Å². The van der Waals surface area contributed by atoms with Crippen LogP contribution in [-0.2, 0) is 16.0 Å². The smallest absolute Gasteiger partial charge is 0.374 e. The van der Waals surface area contributed by atoms with Crippen LogP contribution in [0.2, 0.25) is 0 Å². The summed E-state index contributed by atoms with van der Waals surface area (Å²) in [4.78, 5) is 26.4. The Balaban J connectivity index is 1.43. The van der Waals surface area contributed by atoms with E-state index in [1.165, 1.54) is 12.3 Å². The van der Waals surface area contributed by atoms with Crippen LogP contribution in [0.3, 0.4) is 0 Å². The molecule has 1 amide bonds. The first-order valence-corrected chi connectivity index (χ1v) is 7.26. The zero-order valence-electron chi connectivity index (χ0n) is 12.4. The summed E-state index contributed by atoms with van der Waals surface area (Å²) in [6.07, 6.45) is 4.01. The fraction of sp³-hybridized carbons (Fsp3) is 0.176. The number of aromatic amines is 1. The molecule has 0 radical (unpaired) electrons. The second kappa shape index (κ2) is 6.83. The van der Waals surface area contributed by atoms with Crippen molar-refractivity contribution in [3.05, 3.63) is 60.2 Å². The number of carbonyl (C=O) groups excluding carboxylic acids is 2. The van der Waals surface area contributed by atoms with Gasteiger partial charge in [-0.3, -0.25) is 4.79 Å². The van der Waals surface area contributed by atoms with Crippen molar-refractivity contribution in [1.82, 2.24) is 10.3 Å². The molecule has 0 fully saturated rings. The molecule has 6 nitrogen and oxygen atoms in total. The molecule has 0 spiro atoms. The van der Waals surface area contributed by atoms with Crippen LogP contribution in [0.15, 0.2) is 53.3 Å². The molecule has 2 N–H and O–H groups in total. The van der Waals surface area contributed by atoms with Gasteiger partial charge in [-0.25, -0.2) is 4.79 Å². The lowest BCUT2D eigenvalue weighted by atomic mass is 10.1. The zero-order valence-corrected chi connectivity index (χ0v) is 12.4. The number of benzene rings is 1. The maximum atomic E-state index is 11.7. The minimum atomic E-state index is -0.651. The SMILES string of the molecule is O=C(COC(=O)c1ccco1)NCCc1c[nH]c2ccccc12. The van der Waals surface area contributed by atoms with Gasteiger partial charge in [-0.2, -0.15) is 0 Å². The Hall–Kier alpha value is -3.02. The number of furan rings is 1. The molecule has 2 heterocycles. The Morgan fingerprint density at radius 2 is 2.04 bits per heavy atom. The van der Waals surface area contributed by atoms with Gasteiger partial charge in [0.15, 0.2) is 6.61 Å². The number of esters is 1. The first-order valence-electron chi connectivity index (χ1n) is 7.26.